The van der Waals surface area contributed by atoms with Crippen LogP contribution in [0, 0.1) is 5.82 Å². The Morgan fingerprint density at radius 2 is 2.33 bits per heavy atom. The van der Waals surface area contributed by atoms with Gasteiger partial charge in [0, 0.05) is 6.20 Å². The Morgan fingerprint density at radius 1 is 1.50 bits per heavy atom. The van der Waals surface area contributed by atoms with Crippen molar-refractivity contribution in [3.8, 4) is 0 Å². The van der Waals surface area contributed by atoms with E-state index in [4.69, 9.17) is 4.74 Å². The number of halogens is 1. The molecule has 0 spiro atoms. The molecule has 0 aliphatic heterocycles. The van der Waals surface area contributed by atoms with Crippen LogP contribution >= 0.6 is 0 Å². The second kappa shape index (κ2) is 5.30. The second-order valence-corrected chi connectivity index (χ2v) is 3.39. The van der Waals surface area contributed by atoms with Gasteiger partial charge in [-0.2, -0.15) is 0 Å². The van der Waals surface area contributed by atoms with E-state index in [9.17, 15) is 9.18 Å². The van der Waals surface area contributed by atoms with E-state index in [1.807, 2.05) is 0 Å². The molecule has 2 rings (SSSR count). The molecule has 0 aliphatic rings. The SMILES string of the molecule is CCOC(=O)c1nnnn1Cc1cncc(F)c1. The summed E-state index contributed by atoms with van der Waals surface area (Å²) in [4.78, 5) is 15.2. The molecule has 2 aromatic heterocycles. The van der Waals surface area contributed by atoms with Gasteiger partial charge in [0.15, 0.2) is 0 Å². The van der Waals surface area contributed by atoms with Gasteiger partial charge in [-0.15, -0.1) is 5.10 Å². The van der Waals surface area contributed by atoms with Crippen LogP contribution in [0.5, 0.6) is 0 Å². The lowest BCUT2D eigenvalue weighted by atomic mass is 10.3. The quantitative estimate of drug-likeness (QED) is 0.733. The van der Waals surface area contributed by atoms with Crippen molar-refractivity contribution < 1.29 is 13.9 Å². The molecule has 94 valence electrons. The van der Waals surface area contributed by atoms with Crippen LogP contribution in [0.15, 0.2) is 18.5 Å². The van der Waals surface area contributed by atoms with E-state index < -0.39 is 11.8 Å². The highest BCUT2D eigenvalue weighted by atomic mass is 19.1. The van der Waals surface area contributed by atoms with Crippen LogP contribution in [-0.2, 0) is 11.3 Å². The second-order valence-electron chi connectivity index (χ2n) is 3.39. The summed E-state index contributed by atoms with van der Waals surface area (Å²) < 4.78 is 19.0. The lowest BCUT2D eigenvalue weighted by Gasteiger charge is -2.03. The van der Waals surface area contributed by atoms with Crippen molar-refractivity contribution >= 4 is 5.97 Å². The first-order valence-electron chi connectivity index (χ1n) is 5.23. The molecule has 8 heteroatoms. The number of hydrogen-bond acceptors (Lipinski definition) is 6. The summed E-state index contributed by atoms with van der Waals surface area (Å²) in [6.45, 7) is 2.06. The normalized spacial score (nSPS) is 10.3. The third kappa shape index (κ3) is 2.65. The van der Waals surface area contributed by atoms with E-state index in [0.29, 0.717) is 5.56 Å². The van der Waals surface area contributed by atoms with Crippen LogP contribution in [0.1, 0.15) is 23.1 Å². The molecule has 2 aromatic rings. The number of esters is 1. The topological polar surface area (TPSA) is 82.8 Å². The monoisotopic (exact) mass is 251 g/mol. The molecule has 0 saturated heterocycles. The van der Waals surface area contributed by atoms with Gasteiger partial charge >= 0.3 is 5.97 Å². The van der Waals surface area contributed by atoms with E-state index in [0.717, 1.165) is 6.20 Å². The largest absolute Gasteiger partial charge is 0.460 e. The third-order valence-electron chi connectivity index (χ3n) is 2.08. The summed E-state index contributed by atoms with van der Waals surface area (Å²) in [5.41, 5.74) is 0.549. The predicted octanol–water partition coefficient (Wildman–Crippen LogP) is 0.432. The maximum atomic E-state index is 13.0. The summed E-state index contributed by atoms with van der Waals surface area (Å²) in [5.74, 6) is -1.11. The van der Waals surface area contributed by atoms with Crippen LogP contribution in [0.25, 0.3) is 0 Å². The fourth-order valence-corrected chi connectivity index (χ4v) is 1.37. The van der Waals surface area contributed by atoms with Crippen molar-refractivity contribution in [3.05, 3.63) is 35.7 Å². The van der Waals surface area contributed by atoms with Gasteiger partial charge in [-0.05, 0) is 29.0 Å². The number of aromatic nitrogens is 5. The Kier molecular flexibility index (Phi) is 3.56. The first-order chi connectivity index (χ1) is 8.70. The number of rotatable bonds is 4. The highest BCUT2D eigenvalue weighted by molar-refractivity contribution is 5.85. The Morgan fingerprint density at radius 3 is 3.06 bits per heavy atom. The smallest absolute Gasteiger partial charge is 0.378 e. The van der Waals surface area contributed by atoms with Crippen LogP contribution in [0.3, 0.4) is 0 Å². The molecule has 0 fully saturated rings. The molecule has 18 heavy (non-hydrogen) atoms. The van der Waals surface area contributed by atoms with Crippen molar-refractivity contribution in [2.75, 3.05) is 6.61 Å². The lowest BCUT2D eigenvalue weighted by Crippen LogP contribution is -2.15. The van der Waals surface area contributed by atoms with Crippen molar-refractivity contribution in [1.29, 1.82) is 0 Å². The van der Waals surface area contributed by atoms with Crippen molar-refractivity contribution in [1.82, 2.24) is 25.2 Å². The van der Waals surface area contributed by atoms with Crippen molar-refractivity contribution in [2.24, 2.45) is 0 Å². The molecule has 0 saturated carbocycles. The predicted molar refractivity (Wildman–Crippen MR) is 57.1 cm³/mol. The molecular weight excluding hydrogens is 241 g/mol. The average molecular weight is 251 g/mol. The fourth-order valence-electron chi connectivity index (χ4n) is 1.37. The Labute approximate surface area is 102 Å². The Balaban J connectivity index is 2.20. The summed E-state index contributed by atoms with van der Waals surface area (Å²) in [6.07, 6.45) is 2.56. The van der Waals surface area contributed by atoms with Gasteiger partial charge in [0.25, 0.3) is 5.82 Å². The van der Waals surface area contributed by atoms with E-state index in [2.05, 4.69) is 20.5 Å². The molecule has 0 amide bonds. The van der Waals surface area contributed by atoms with Crippen LogP contribution < -0.4 is 0 Å². The minimum absolute atomic E-state index is 0.0267. The molecule has 0 radical (unpaired) electrons. The number of pyridine rings is 1. The van der Waals surface area contributed by atoms with Gasteiger partial charge in [0.05, 0.1) is 19.3 Å². The van der Waals surface area contributed by atoms with E-state index in [1.165, 1.54) is 16.9 Å². The first-order valence-corrected chi connectivity index (χ1v) is 5.23. The summed E-state index contributed by atoms with van der Waals surface area (Å²) >= 11 is 0. The summed E-state index contributed by atoms with van der Waals surface area (Å²) in [6, 6.07) is 1.30. The number of nitrogens with zero attached hydrogens (tertiary/aromatic N) is 5. The van der Waals surface area contributed by atoms with Gasteiger partial charge in [-0.25, -0.2) is 13.9 Å². The van der Waals surface area contributed by atoms with Crippen LogP contribution in [-0.4, -0.2) is 37.8 Å². The molecule has 0 aliphatic carbocycles. The minimum Gasteiger partial charge on any atom is -0.460 e. The molecular formula is C10H10FN5O2. The Bertz CT molecular complexity index is 557. The van der Waals surface area contributed by atoms with E-state index in [1.54, 1.807) is 6.92 Å². The van der Waals surface area contributed by atoms with Crippen molar-refractivity contribution in [2.45, 2.75) is 13.5 Å². The van der Waals surface area contributed by atoms with Gasteiger partial charge < -0.3 is 4.74 Å². The zero-order valence-corrected chi connectivity index (χ0v) is 9.58. The minimum atomic E-state index is -0.619. The number of ether oxygens (including phenoxy) is 1. The van der Waals surface area contributed by atoms with Crippen molar-refractivity contribution in [3.63, 3.8) is 0 Å². The lowest BCUT2D eigenvalue weighted by molar-refractivity contribution is 0.0505. The number of hydrogen-bond donors (Lipinski definition) is 0. The molecule has 0 aromatic carbocycles. The summed E-state index contributed by atoms with van der Waals surface area (Å²) in [5, 5.41) is 10.6. The molecule has 0 N–H and O–H groups in total. The molecule has 0 bridgehead atoms. The standard InChI is InChI=1S/C10H10FN5O2/c1-2-18-10(17)9-13-14-15-16(9)6-7-3-8(11)5-12-4-7/h3-5H,2,6H2,1H3. The summed E-state index contributed by atoms with van der Waals surface area (Å²) in [7, 11) is 0. The zero-order chi connectivity index (χ0) is 13.0. The zero-order valence-electron chi connectivity index (χ0n) is 9.58. The highest BCUT2D eigenvalue weighted by Gasteiger charge is 2.16. The highest BCUT2D eigenvalue weighted by Crippen LogP contribution is 2.05. The maximum absolute atomic E-state index is 13.0. The van der Waals surface area contributed by atoms with Gasteiger partial charge in [-0.3, -0.25) is 4.98 Å². The fraction of sp³-hybridized carbons (Fsp3) is 0.300. The molecule has 7 nitrogen and oxygen atoms in total. The van der Waals surface area contributed by atoms with Crippen LogP contribution in [0.4, 0.5) is 4.39 Å². The molecule has 0 unspecified atom stereocenters. The van der Waals surface area contributed by atoms with Crippen LogP contribution in [0.2, 0.25) is 0 Å². The third-order valence-corrected chi connectivity index (χ3v) is 2.08. The van der Waals surface area contributed by atoms with Gasteiger partial charge in [0.1, 0.15) is 5.82 Å². The average Bonchev–Trinajstić information content (AvgIpc) is 2.77. The molecule has 0 atom stereocenters. The van der Waals surface area contributed by atoms with E-state index >= 15 is 0 Å². The number of carbonyl (C=O) groups excluding carboxylic acids is 1. The van der Waals surface area contributed by atoms with Gasteiger partial charge in [-0.1, -0.05) is 0 Å². The first kappa shape index (κ1) is 12.1. The number of carbonyl (C=O) groups is 1. The number of tetrazole rings is 1. The molecule has 2 heterocycles. The van der Waals surface area contributed by atoms with E-state index in [-0.39, 0.29) is 19.0 Å². The maximum Gasteiger partial charge on any atom is 0.378 e. The Hall–Kier alpha value is -2.38. The van der Waals surface area contributed by atoms with Gasteiger partial charge in [0.2, 0.25) is 0 Å².